The standard InChI is InChI=1S/C14H22N2O2/c1-4-16(5-2)11-14(15-3,13(17)18)12-9-7-6-8-10-12/h6-10,15H,4-5,11H2,1-3H3,(H,17,18). The van der Waals surface area contributed by atoms with Crippen LogP contribution in [0.3, 0.4) is 0 Å². The van der Waals surface area contributed by atoms with Crippen molar-refractivity contribution >= 4 is 5.97 Å². The van der Waals surface area contributed by atoms with Gasteiger partial charge in [-0.1, -0.05) is 44.2 Å². The molecular weight excluding hydrogens is 228 g/mol. The third kappa shape index (κ3) is 2.89. The van der Waals surface area contributed by atoms with E-state index in [4.69, 9.17) is 0 Å². The maximum Gasteiger partial charge on any atom is 0.329 e. The molecule has 4 nitrogen and oxygen atoms in total. The fourth-order valence-electron chi connectivity index (χ4n) is 2.12. The number of carbonyl (C=O) groups is 1. The van der Waals surface area contributed by atoms with Gasteiger partial charge in [0.2, 0.25) is 0 Å². The van der Waals surface area contributed by atoms with Gasteiger partial charge in [0.05, 0.1) is 0 Å². The lowest BCUT2D eigenvalue weighted by molar-refractivity contribution is -0.146. The van der Waals surface area contributed by atoms with Crippen molar-refractivity contribution < 1.29 is 9.90 Å². The fourth-order valence-corrected chi connectivity index (χ4v) is 2.12. The second kappa shape index (κ2) is 6.52. The number of carboxylic acids is 1. The summed E-state index contributed by atoms with van der Waals surface area (Å²) >= 11 is 0. The molecule has 100 valence electrons. The number of aliphatic carboxylic acids is 1. The SMILES string of the molecule is CCN(CC)CC(NC)(C(=O)O)c1ccccc1. The monoisotopic (exact) mass is 250 g/mol. The minimum atomic E-state index is -1.05. The van der Waals surface area contributed by atoms with Crippen LogP contribution in [0.15, 0.2) is 30.3 Å². The van der Waals surface area contributed by atoms with Crippen molar-refractivity contribution in [2.45, 2.75) is 19.4 Å². The lowest BCUT2D eigenvalue weighted by Gasteiger charge is -2.34. The Hall–Kier alpha value is -1.39. The summed E-state index contributed by atoms with van der Waals surface area (Å²) in [5.41, 5.74) is -0.264. The van der Waals surface area contributed by atoms with Crippen molar-refractivity contribution in [2.24, 2.45) is 0 Å². The van der Waals surface area contributed by atoms with Crippen LogP contribution in [0.25, 0.3) is 0 Å². The van der Waals surface area contributed by atoms with Crippen LogP contribution in [0, 0.1) is 0 Å². The van der Waals surface area contributed by atoms with Crippen LogP contribution >= 0.6 is 0 Å². The van der Waals surface area contributed by atoms with Crippen molar-refractivity contribution in [1.29, 1.82) is 0 Å². The number of hydrogen-bond donors (Lipinski definition) is 2. The van der Waals surface area contributed by atoms with Gasteiger partial charge in [-0.3, -0.25) is 0 Å². The van der Waals surface area contributed by atoms with Crippen molar-refractivity contribution in [3.8, 4) is 0 Å². The molecular formula is C14H22N2O2. The molecule has 18 heavy (non-hydrogen) atoms. The largest absolute Gasteiger partial charge is 0.480 e. The van der Waals surface area contributed by atoms with Crippen molar-refractivity contribution in [3.05, 3.63) is 35.9 Å². The topological polar surface area (TPSA) is 52.6 Å². The second-order valence-corrected chi connectivity index (χ2v) is 4.29. The Balaban J connectivity index is 3.14. The lowest BCUT2D eigenvalue weighted by Crippen LogP contribution is -2.55. The van der Waals surface area contributed by atoms with E-state index in [0.717, 1.165) is 18.7 Å². The van der Waals surface area contributed by atoms with Crippen molar-refractivity contribution in [2.75, 3.05) is 26.7 Å². The first-order valence-corrected chi connectivity index (χ1v) is 6.30. The summed E-state index contributed by atoms with van der Waals surface area (Å²) in [6, 6.07) is 9.34. The van der Waals surface area contributed by atoms with Crippen molar-refractivity contribution in [3.63, 3.8) is 0 Å². The molecule has 0 aliphatic rings. The summed E-state index contributed by atoms with van der Waals surface area (Å²) in [5, 5.41) is 12.6. The van der Waals surface area contributed by atoms with Gasteiger partial charge in [0.25, 0.3) is 0 Å². The number of nitrogens with one attached hydrogen (secondary N) is 1. The molecule has 0 aliphatic carbocycles. The van der Waals surface area contributed by atoms with E-state index in [9.17, 15) is 9.90 Å². The predicted octanol–water partition coefficient (Wildman–Crippen LogP) is 1.53. The molecule has 1 aromatic rings. The van der Waals surface area contributed by atoms with Crippen LogP contribution in [-0.4, -0.2) is 42.7 Å². The molecule has 0 amide bonds. The average molecular weight is 250 g/mol. The number of carboxylic acid groups (broad SMARTS) is 1. The number of rotatable bonds is 7. The molecule has 4 heteroatoms. The van der Waals surface area contributed by atoms with E-state index in [1.54, 1.807) is 7.05 Å². The second-order valence-electron chi connectivity index (χ2n) is 4.29. The van der Waals surface area contributed by atoms with Gasteiger partial charge in [0, 0.05) is 6.54 Å². The average Bonchev–Trinajstić information content (AvgIpc) is 2.41. The van der Waals surface area contributed by atoms with Crippen LogP contribution < -0.4 is 5.32 Å². The molecule has 0 spiro atoms. The van der Waals surface area contributed by atoms with Gasteiger partial charge in [-0.25, -0.2) is 4.79 Å². The third-order valence-electron chi connectivity index (χ3n) is 3.41. The van der Waals surface area contributed by atoms with Gasteiger partial charge in [-0.05, 0) is 25.7 Å². The Morgan fingerprint density at radius 2 is 1.83 bits per heavy atom. The molecule has 0 aliphatic heterocycles. The van der Waals surface area contributed by atoms with E-state index in [-0.39, 0.29) is 0 Å². The molecule has 0 saturated heterocycles. The zero-order valence-corrected chi connectivity index (χ0v) is 11.3. The van der Waals surface area contributed by atoms with E-state index in [2.05, 4.69) is 10.2 Å². The van der Waals surface area contributed by atoms with Crippen molar-refractivity contribution in [1.82, 2.24) is 10.2 Å². The highest BCUT2D eigenvalue weighted by atomic mass is 16.4. The Morgan fingerprint density at radius 1 is 1.28 bits per heavy atom. The highest BCUT2D eigenvalue weighted by Gasteiger charge is 2.39. The molecule has 0 aromatic heterocycles. The summed E-state index contributed by atoms with van der Waals surface area (Å²) < 4.78 is 0. The van der Waals surface area contributed by atoms with Gasteiger partial charge >= 0.3 is 5.97 Å². The fraction of sp³-hybridized carbons (Fsp3) is 0.500. The molecule has 0 heterocycles. The number of nitrogens with zero attached hydrogens (tertiary/aromatic N) is 1. The molecule has 0 bridgehead atoms. The quantitative estimate of drug-likeness (QED) is 0.770. The zero-order valence-electron chi connectivity index (χ0n) is 11.3. The Labute approximate surface area is 109 Å². The summed E-state index contributed by atoms with van der Waals surface area (Å²) in [5.74, 6) is -0.844. The molecule has 1 unspecified atom stereocenters. The van der Waals surface area contributed by atoms with E-state index in [1.165, 1.54) is 0 Å². The summed E-state index contributed by atoms with van der Waals surface area (Å²) in [6.07, 6.45) is 0. The van der Waals surface area contributed by atoms with Crippen LogP contribution in [0.5, 0.6) is 0 Å². The van der Waals surface area contributed by atoms with E-state index >= 15 is 0 Å². The molecule has 0 saturated carbocycles. The molecule has 0 radical (unpaired) electrons. The van der Waals surface area contributed by atoms with Crippen LogP contribution in [0.2, 0.25) is 0 Å². The summed E-state index contributed by atoms with van der Waals surface area (Å²) in [6.45, 7) is 6.20. The Kier molecular flexibility index (Phi) is 5.31. The molecule has 1 aromatic carbocycles. The van der Waals surface area contributed by atoms with Gasteiger partial charge in [0.15, 0.2) is 5.54 Å². The van der Waals surface area contributed by atoms with Gasteiger partial charge in [-0.15, -0.1) is 0 Å². The minimum Gasteiger partial charge on any atom is -0.480 e. The maximum atomic E-state index is 11.7. The van der Waals surface area contributed by atoms with Crippen LogP contribution in [-0.2, 0) is 10.3 Å². The summed E-state index contributed by atoms with van der Waals surface area (Å²) in [7, 11) is 1.70. The van der Waals surface area contributed by atoms with Crippen LogP contribution in [0.1, 0.15) is 19.4 Å². The minimum absolute atomic E-state index is 0.454. The lowest BCUT2D eigenvalue weighted by atomic mass is 9.89. The van der Waals surface area contributed by atoms with E-state index < -0.39 is 11.5 Å². The summed E-state index contributed by atoms with van der Waals surface area (Å²) in [4.78, 5) is 13.8. The first-order valence-electron chi connectivity index (χ1n) is 6.30. The molecule has 1 atom stereocenters. The molecule has 2 N–H and O–H groups in total. The van der Waals surface area contributed by atoms with Gasteiger partial charge < -0.3 is 15.3 Å². The maximum absolute atomic E-state index is 11.7. The first kappa shape index (κ1) is 14.7. The Morgan fingerprint density at radius 3 is 2.22 bits per heavy atom. The number of benzene rings is 1. The normalized spacial score (nSPS) is 14.4. The number of likely N-dealkylation sites (N-methyl/N-ethyl adjacent to an activating group) is 2. The zero-order chi connectivity index (χ0) is 13.6. The van der Waals surface area contributed by atoms with Gasteiger partial charge in [-0.2, -0.15) is 0 Å². The highest BCUT2D eigenvalue weighted by Crippen LogP contribution is 2.22. The predicted molar refractivity (Wildman–Crippen MR) is 72.6 cm³/mol. The van der Waals surface area contributed by atoms with E-state index in [0.29, 0.717) is 6.54 Å². The Bertz CT molecular complexity index is 377. The van der Waals surface area contributed by atoms with Gasteiger partial charge in [0.1, 0.15) is 0 Å². The van der Waals surface area contributed by atoms with Crippen LogP contribution in [0.4, 0.5) is 0 Å². The highest BCUT2D eigenvalue weighted by molar-refractivity contribution is 5.81. The van der Waals surface area contributed by atoms with E-state index in [1.807, 2.05) is 44.2 Å². The smallest absolute Gasteiger partial charge is 0.329 e. The first-order chi connectivity index (χ1) is 8.60. The molecule has 1 rings (SSSR count). The number of hydrogen-bond acceptors (Lipinski definition) is 3. The third-order valence-corrected chi connectivity index (χ3v) is 3.41. The molecule has 0 fully saturated rings.